The number of rotatable bonds is 17. The van der Waals surface area contributed by atoms with Crippen molar-refractivity contribution in [3.8, 4) is 0 Å². The first kappa shape index (κ1) is 33.4. The van der Waals surface area contributed by atoms with E-state index >= 15 is 0 Å². The highest BCUT2D eigenvalue weighted by Gasteiger charge is 2.41. The van der Waals surface area contributed by atoms with Crippen LogP contribution in [-0.2, 0) is 28.0 Å². The topological polar surface area (TPSA) is 53.0 Å². The molecule has 0 unspecified atom stereocenters. The minimum Gasteiger partial charge on any atom is -0.508 e. The van der Waals surface area contributed by atoms with Gasteiger partial charge in [0.05, 0.1) is 0 Å². The summed E-state index contributed by atoms with van der Waals surface area (Å²) in [6.07, 6.45) is 14.8. The van der Waals surface area contributed by atoms with Crippen LogP contribution in [-0.4, -0.2) is 24.2 Å². The molecule has 1 N–H and O–H groups in total. The number of hydrogen-bond acceptors (Lipinski definition) is 5. The molecule has 0 bridgehead atoms. The fraction of sp³-hybridized carbons (Fsp3) is 0.439. The third kappa shape index (κ3) is 8.23. The standard InChI is InChI=1S/C41H52N2O3/c1-4-5-6-7-8-9-10-11-12-19-26-43-37-25-24-34(27-36(37)41(2,3)39(43)28-35-38(44)31-46-40(35)45)42(29-32-20-15-13-16-21-32)30-33-22-17-14-18-23-33/h13-18,20-25,27-28,44H,4-12,19,26,29-31H2,1-3H3/b39-28+. The van der Waals surface area contributed by atoms with Crippen LogP contribution in [0.2, 0.25) is 0 Å². The van der Waals surface area contributed by atoms with Crippen LogP contribution in [0.15, 0.2) is 102 Å². The van der Waals surface area contributed by atoms with Crippen LogP contribution in [0.25, 0.3) is 0 Å². The maximum Gasteiger partial charge on any atom is 0.342 e. The lowest BCUT2D eigenvalue weighted by Crippen LogP contribution is -2.27. The first-order valence-electron chi connectivity index (χ1n) is 17.4. The molecule has 3 aromatic rings. The van der Waals surface area contributed by atoms with E-state index < -0.39 is 5.97 Å². The second-order valence-corrected chi connectivity index (χ2v) is 13.5. The average Bonchev–Trinajstić information content (AvgIpc) is 3.49. The summed E-state index contributed by atoms with van der Waals surface area (Å²) in [6, 6.07) is 28.1. The Hall–Kier alpha value is -3.99. The van der Waals surface area contributed by atoms with Crippen LogP contribution < -0.4 is 9.80 Å². The molecule has 0 amide bonds. The van der Waals surface area contributed by atoms with E-state index in [0.717, 1.165) is 31.8 Å². The van der Waals surface area contributed by atoms with E-state index in [2.05, 4.69) is 109 Å². The fourth-order valence-electron chi connectivity index (χ4n) is 6.85. The maximum absolute atomic E-state index is 12.6. The van der Waals surface area contributed by atoms with Gasteiger partial charge in [-0.15, -0.1) is 0 Å². The molecule has 0 fully saturated rings. The predicted molar refractivity (Wildman–Crippen MR) is 190 cm³/mol. The molecular formula is C41H52N2O3. The number of hydrogen-bond donors (Lipinski definition) is 1. The number of anilines is 2. The predicted octanol–water partition coefficient (Wildman–Crippen LogP) is 10.2. The summed E-state index contributed by atoms with van der Waals surface area (Å²) < 4.78 is 5.17. The van der Waals surface area contributed by atoms with Gasteiger partial charge in [-0.3, -0.25) is 0 Å². The number of allylic oxidation sites excluding steroid dienone is 1. The molecule has 5 nitrogen and oxygen atoms in total. The smallest absolute Gasteiger partial charge is 0.342 e. The van der Waals surface area contributed by atoms with Gasteiger partial charge in [-0.2, -0.15) is 0 Å². The highest BCUT2D eigenvalue weighted by Crippen LogP contribution is 2.50. The number of nitrogens with zero attached hydrogens (tertiary/aromatic N) is 2. The molecule has 3 aromatic carbocycles. The summed E-state index contributed by atoms with van der Waals surface area (Å²) in [5, 5.41) is 10.5. The molecule has 0 aliphatic carbocycles. The Labute approximate surface area is 276 Å². The van der Waals surface area contributed by atoms with E-state index in [9.17, 15) is 9.90 Å². The minimum absolute atomic E-state index is 0.0146. The third-order valence-corrected chi connectivity index (χ3v) is 9.56. The Bertz CT molecular complexity index is 1450. The molecule has 244 valence electrons. The van der Waals surface area contributed by atoms with Gasteiger partial charge < -0.3 is 19.6 Å². The lowest BCUT2D eigenvalue weighted by molar-refractivity contribution is -0.135. The van der Waals surface area contributed by atoms with Crippen LogP contribution in [0, 0.1) is 0 Å². The normalized spacial score (nSPS) is 16.3. The molecule has 0 saturated heterocycles. The van der Waals surface area contributed by atoms with Crippen LogP contribution in [0.1, 0.15) is 102 Å². The molecular weight excluding hydrogens is 568 g/mol. The van der Waals surface area contributed by atoms with E-state index in [-0.39, 0.29) is 23.4 Å². The number of aliphatic hydroxyl groups excluding tert-OH is 1. The van der Waals surface area contributed by atoms with Crippen molar-refractivity contribution in [1.82, 2.24) is 0 Å². The Morgan fingerprint density at radius 1 is 0.804 bits per heavy atom. The van der Waals surface area contributed by atoms with E-state index in [1.54, 1.807) is 0 Å². The molecule has 0 atom stereocenters. The van der Waals surface area contributed by atoms with Gasteiger partial charge in [-0.05, 0) is 47.4 Å². The molecule has 0 saturated carbocycles. The number of aliphatic hydroxyl groups is 1. The van der Waals surface area contributed by atoms with Crippen molar-refractivity contribution < 1.29 is 14.6 Å². The van der Waals surface area contributed by atoms with Crippen molar-refractivity contribution in [2.24, 2.45) is 0 Å². The molecule has 5 heteroatoms. The lowest BCUT2D eigenvalue weighted by atomic mass is 9.83. The van der Waals surface area contributed by atoms with Gasteiger partial charge in [-0.1, -0.05) is 139 Å². The van der Waals surface area contributed by atoms with Crippen LogP contribution in [0.5, 0.6) is 0 Å². The minimum atomic E-state index is -0.451. The van der Waals surface area contributed by atoms with Crippen molar-refractivity contribution in [2.75, 3.05) is 23.0 Å². The van der Waals surface area contributed by atoms with E-state index in [1.165, 1.54) is 85.9 Å². The summed E-state index contributed by atoms with van der Waals surface area (Å²) >= 11 is 0. The van der Waals surface area contributed by atoms with Gasteiger partial charge >= 0.3 is 5.97 Å². The monoisotopic (exact) mass is 620 g/mol. The largest absolute Gasteiger partial charge is 0.508 e. The first-order valence-corrected chi connectivity index (χ1v) is 17.4. The second-order valence-electron chi connectivity index (χ2n) is 13.5. The lowest BCUT2D eigenvalue weighted by Gasteiger charge is -2.28. The fourth-order valence-corrected chi connectivity index (χ4v) is 6.85. The van der Waals surface area contributed by atoms with Crippen LogP contribution >= 0.6 is 0 Å². The highest BCUT2D eigenvalue weighted by atomic mass is 16.5. The summed E-state index contributed by atoms with van der Waals surface area (Å²) in [6.45, 7) is 9.15. The number of carbonyl (C=O) groups is 1. The molecule has 2 aliphatic rings. The van der Waals surface area contributed by atoms with E-state index in [0.29, 0.717) is 0 Å². The van der Waals surface area contributed by atoms with Gasteiger partial charge in [0.2, 0.25) is 0 Å². The first-order chi connectivity index (χ1) is 22.4. The zero-order valence-electron chi connectivity index (χ0n) is 28.1. The van der Waals surface area contributed by atoms with Crippen molar-refractivity contribution in [2.45, 2.75) is 103 Å². The Balaban J connectivity index is 1.39. The van der Waals surface area contributed by atoms with Crippen molar-refractivity contribution in [3.63, 3.8) is 0 Å². The number of benzene rings is 3. The number of fused-ring (bicyclic) bond motifs is 1. The highest BCUT2D eigenvalue weighted by molar-refractivity contribution is 5.95. The molecule has 0 aromatic heterocycles. The third-order valence-electron chi connectivity index (χ3n) is 9.56. The maximum atomic E-state index is 12.6. The SMILES string of the molecule is CCCCCCCCCCCCN1/C(=C/C2=C(O)COC2=O)C(C)(C)c2cc(N(Cc3ccccc3)Cc3ccccc3)ccc21. The Kier molecular flexibility index (Phi) is 11.6. The van der Waals surface area contributed by atoms with Gasteiger partial charge in [0.25, 0.3) is 0 Å². The Morgan fingerprint density at radius 2 is 1.37 bits per heavy atom. The van der Waals surface area contributed by atoms with E-state index in [1.807, 2.05) is 6.08 Å². The van der Waals surface area contributed by atoms with Gasteiger partial charge in [0.15, 0.2) is 0 Å². The van der Waals surface area contributed by atoms with Gasteiger partial charge in [0, 0.05) is 42.1 Å². The summed E-state index contributed by atoms with van der Waals surface area (Å²) in [5.74, 6) is -0.436. The quantitative estimate of drug-likeness (QED) is 0.120. The summed E-state index contributed by atoms with van der Waals surface area (Å²) in [4.78, 5) is 17.4. The molecule has 0 radical (unpaired) electrons. The van der Waals surface area contributed by atoms with Crippen LogP contribution in [0.4, 0.5) is 11.4 Å². The summed E-state index contributed by atoms with van der Waals surface area (Å²) in [5.41, 5.74) is 7.06. The number of unbranched alkanes of at least 4 members (excludes halogenated alkanes) is 9. The molecule has 5 rings (SSSR count). The molecule has 2 aliphatic heterocycles. The zero-order chi connectivity index (χ0) is 32.4. The number of ether oxygens (including phenoxy) is 1. The zero-order valence-corrected chi connectivity index (χ0v) is 28.1. The van der Waals surface area contributed by atoms with Gasteiger partial charge in [-0.25, -0.2) is 4.79 Å². The molecule has 0 spiro atoms. The molecule has 2 heterocycles. The number of cyclic esters (lactones) is 1. The number of esters is 1. The van der Waals surface area contributed by atoms with Crippen molar-refractivity contribution in [3.05, 3.63) is 119 Å². The van der Waals surface area contributed by atoms with E-state index in [4.69, 9.17) is 4.74 Å². The molecule has 46 heavy (non-hydrogen) atoms. The average molecular weight is 621 g/mol. The van der Waals surface area contributed by atoms with Crippen molar-refractivity contribution >= 4 is 17.3 Å². The van der Waals surface area contributed by atoms with Crippen LogP contribution in [0.3, 0.4) is 0 Å². The van der Waals surface area contributed by atoms with Gasteiger partial charge in [0.1, 0.15) is 17.9 Å². The van der Waals surface area contributed by atoms with Crippen molar-refractivity contribution in [1.29, 1.82) is 0 Å². The summed E-state index contributed by atoms with van der Waals surface area (Å²) in [7, 11) is 0. The Morgan fingerprint density at radius 3 is 1.91 bits per heavy atom. The number of carbonyl (C=O) groups excluding carboxylic acids is 1. The second kappa shape index (κ2) is 16.0.